The van der Waals surface area contributed by atoms with E-state index in [1.54, 1.807) is 12.1 Å². The number of nitrogens with one attached hydrogen (secondary N) is 1. The van der Waals surface area contributed by atoms with Crippen LogP contribution in [0.25, 0.3) is 0 Å². The predicted molar refractivity (Wildman–Crippen MR) is 61.5 cm³/mol. The number of amides is 1. The summed E-state index contributed by atoms with van der Waals surface area (Å²) in [6, 6.07) is 5.43. The fourth-order valence-corrected chi connectivity index (χ4v) is 1.87. The lowest BCUT2D eigenvalue weighted by Gasteiger charge is -2.04. The molecule has 0 fully saturated rings. The van der Waals surface area contributed by atoms with Gasteiger partial charge in [-0.3, -0.25) is 9.59 Å². The lowest BCUT2D eigenvalue weighted by atomic mass is 10.1. The number of alkyl halides is 1. The van der Waals surface area contributed by atoms with Crippen molar-refractivity contribution in [1.82, 2.24) is 0 Å². The van der Waals surface area contributed by atoms with Crippen molar-refractivity contribution in [3.05, 3.63) is 29.3 Å². The Morgan fingerprint density at radius 1 is 1.40 bits per heavy atom. The molecule has 1 aromatic carbocycles. The maximum atomic E-state index is 11.4. The van der Waals surface area contributed by atoms with E-state index in [0.29, 0.717) is 6.42 Å². The van der Waals surface area contributed by atoms with Gasteiger partial charge in [-0.15, -0.1) is 0 Å². The summed E-state index contributed by atoms with van der Waals surface area (Å²) in [7, 11) is 0. The molecular formula is C11H10BrNO2. The Kier molecular flexibility index (Phi) is 2.86. The second kappa shape index (κ2) is 4.14. The molecule has 0 atom stereocenters. The average Bonchev–Trinajstić information content (AvgIpc) is 2.60. The smallest absolute Gasteiger partial charge is 0.235 e. The summed E-state index contributed by atoms with van der Waals surface area (Å²) in [6.07, 6.45) is 1.37. The zero-order chi connectivity index (χ0) is 10.8. The second-order valence-electron chi connectivity index (χ2n) is 3.48. The molecule has 4 heteroatoms. The molecule has 0 aliphatic heterocycles. The Labute approximate surface area is 96.0 Å². The first-order chi connectivity index (χ1) is 7.20. The molecule has 1 aromatic rings. The van der Waals surface area contributed by atoms with E-state index in [2.05, 4.69) is 21.2 Å². The van der Waals surface area contributed by atoms with Crippen LogP contribution in [0, 0.1) is 0 Å². The third-order valence-electron chi connectivity index (χ3n) is 2.43. The molecule has 1 amide bonds. The molecule has 0 bridgehead atoms. The number of hydrogen-bond donors (Lipinski definition) is 1. The topological polar surface area (TPSA) is 46.2 Å². The number of halogens is 1. The standard InChI is InChI=1S/C11H10BrNO2/c12-6-11(15)13-8-2-3-9-7(5-8)1-4-10(9)14/h2-3,5H,1,4,6H2,(H,13,15). The number of anilines is 1. The van der Waals surface area contributed by atoms with E-state index in [1.165, 1.54) is 0 Å². The molecule has 0 aromatic heterocycles. The van der Waals surface area contributed by atoms with Crippen LogP contribution in [-0.4, -0.2) is 17.0 Å². The third kappa shape index (κ3) is 2.09. The van der Waals surface area contributed by atoms with Gasteiger partial charge in [-0.25, -0.2) is 0 Å². The summed E-state index contributed by atoms with van der Waals surface area (Å²) in [5.41, 5.74) is 2.59. The summed E-state index contributed by atoms with van der Waals surface area (Å²) in [4.78, 5) is 22.5. The third-order valence-corrected chi connectivity index (χ3v) is 2.94. The number of Topliss-reactive ketones (excluding diaryl/α,β-unsaturated/α-hetero) is 1. The van der Waals surface area contributed by atoms with Gasteiger partial charge in [0.25, 0.3) is 0 Å². The van der Waals surface area contributed by atoms with Crippen LogP contribution in [0.15, 0.2) is 18.2 Å². The highest BCUT2D eigenvalue weighted by Crippen LogP contribution is 2.24. The molecule has 15 heavy (non-hydrogen) atoms. The first-order valence-electron chi connectivity index (χ1n) is 4.72. The Bertz CT molecular complexity index is 429. The Balaban J connectivity index is 2.23. The van der Waals surface area contributed by atoms with E-state index in [-0.39, 0.29) is 17.0 Å². The number of aryl methyl sites for hydroxylation is 1. The first-order valence-corrected chi connectivity index (χ1v) is 5.85. The summed E-state index contributed by atoms with van der Waals surface area (Å²) in [6.45, 7) is 0. The molecule has 3 nitrogen and oxygen atoms in total. The summed E-state index contributed by atoms with van der Waals surface area (Å²) in [5, 5.41) is 3.02. The van der Waals surface area contributed by atoms with E-state index in [9.17, 15) is 9.59 Å². The van der Waals surface area contributed by atoms with Gasteiger partial charge in [-0.2, -0.15) is 0 Å². The Morgan fingerprint density at radius 3 is 2.93 bits per heavy atom. The zero-order valence-electron chi connectivity index (χ0n) is 8.05. The van der Waals surface area contributed by atoms with Gasteiger partial charge in [0.1, 0.15) is 0 Å². The summed E-state index contributed by atoms with van der Waals surface area (Å²) in [5.74, 6) is 0.114. The van der Waals surface area contributed by atoms with E-state index in [0.717, 1.165) is 23.2 Å². The molecule has 2 rings (SSSR count). The van der Waals surface area contributed by atoms with E-state index < -0.39 is 0 Å². The SMILES string of the molecule is O=C(CBr)Nc1ccc2c(c1)CCC2=O. The van der Waals surface area contributed by atoms with E-state index >= 15 is 0 Å². The van der Waals surface area contributed by atoms with E-state index in [1.807, 2.05) is 6.07 Å². The lowest BCUT2D eigenvalue weighted by Crippen LogP contribution is -2.12. The highest BCUT2D eigenvalue weighted by atomic mass is 79.9. The number of carbonyl (C=O) groups excluding carboxylic acids is 2. The van der Waals surface area contributed by atoms with Crippen molar-refractivity contribution in [2.75, 3.05) is 10.6 Å². The van der Waals surface area contributed by atoms with Crippen LogP contribution >= 0.6 is 15.9 Å². The van der Waals surface area contributed by atoms with Crippen LogP contribution in [0.1, 0.15) is 22.3 Å². The van der Waals surface area contributed by atoms with Crippen LogP contribution in [-0.2, 0) is 11.2 Å². The minimum atomic E-state index is -0.0840. The molecule has 78 valence electrons. The lowest BCUT2D eigenvalue weighted by molar-refractivity contribution is -0.113. The largest absolute Gasteiger partial charge is 0.325 e. The van der Waals surface area contributed by atoms with Gasteiger partial charge in [0.05, 0.1) is 5.33 Å². The molecule has 0 radical (unpaired) electrons. The summed E-state index contributed by atoms with van der Waals surface area (Å²) >= 11 is 3.08. The first kappa shape index (κ1) is 10.4. The number of fused-ring (bicyclic) bond motifs is 1. The molecule has 0 spiro atoms. The Hall–Kier alpha value is -1.16. The van der Waals surface area contributed by atoms with Gasteiger partial charge in [-0.05, 0) is 30.2 Å². The normalized spacial score (nSPS) is 13.8. The van der Waals surface area contributed by atoms with Crippen LogP contribution in [0.3, 0.4) is 0 Å². The van der Waals surface area contributed by atoms with Crippen LogP contribution in [0.4, 0.5) is 5.69 Å². The number of hydrogen-bond acceptors (Lipinski definition) is 2. The van der Waals surface area contributed by atoms with Gasteiger partial charge in [0.15, 0.2) is 5.78 Å². The molecule has 0 heterocycles. The van der Waals surface area contributed by atoms with Crippen molar-refractivity contribution >= 4 is 33.3 Å². The van der Waals surface area contributed by atoms with Crippen molar-refractivity contribution < 1.29 is 9.59 Å². The van der Waals surface area contributed by atoms with Gasteiger partial charge >= 0.3 is 0 Å². The quantitative estimate of drug-likeness (QED) is 0.835. The van der Waals surface area contributed by atoms with Crippen molar-refractivity contribution in [3.63, 3.8) is 0 Å². The van der Waals surface area contributed by atoms with Crippen molar-refractivity contribution in [2.24, 2.45) is 0 Å². The predicted octanol–water partition coefficient (Wildman–Crippen LogP) is 2.15. The average molecular weight is 268 g/mol. The molecule has 1 N–H and O–H groups in total. The fourth-order valence-electron chi connectivity index (χ4n) is 1.73. The monoisotopic (exact) mass is 267 g/mol. The zero-order valence-corrected chi connectivity index (χ0v) is 9.63. The second-order valence-corrected chi connectivity index (χ2v) is 4.04. The number of benzene rings is 1. The van der Waals surface area contributed by atoms with Gasteiger partial charge in [-0.1, -0.05) is 15.9 Å². The van der Waals surface area contributed by atoms with Crippen LogP contribution < -0.4 is 5.32 Å². The number of ketones is 1. The molecule has 1 aliphatic carbocycles. The minimum Gasteiger partial charge on any atom is -0.325 e. The van der Waals surface area contributed by atoms with Crippen molar-refractivity contribution in [2.45, 2.75) is 12.8 Å². The number of rotatable bonds is 2. The van der Waals surface area contributed by atoms with E-state index in [4.69, 9.17) is 0 Å². The molecule has 0 unspecified atom stereocenters. The number of carbonyl (C=O) groups is 2. The summed E-state index contributed by atoms with van der Waals surface area (Å²) < 4.78 is 0. The van der Waals surface area contributed by atoms with Crippen molar-refractivity contribution in [1.29, 1.82) is 0 Å². The van der Waals surface area contributed by atoms with Gasteiger partial charge in [0, 0.05) is 17.7 Å². The molecule has 1 aliphatic rings. The van der Waals surface area contributed by atoms with Crippen LogP contribution in [0.5, 0.6) is 0 Å². The van der Waals surface area contributed by atoms with Gasteiger partial charge < -0.3 is 5.32 Å². The maximum Gasteiger partial charge on any atom is 0.235 e. The van der Waals surface area contributed by atoms with Crippen LogP contribution in [0.2, 0.25) is 0 Å². The molecular weight excluding hydrogens is 258 g/mol. The molecule has 0 saturated carbocycles. The van der Waals surface area contributed by atoms with Gasteiger partial charge in [0.2, 0.25) is 5.91 Å². The highest BCUT2D eigenvalue weighted by Gasteiger charge is 2.19. The molecule has 0 saturated heterocycles. The Morgan fingerprint density at radius 2 is 2.20 bits per heavy atom. The maximum absolute atomic E-state index is 11.4. The van der Waals surface area contributed by atoms with Crippen molar-refractivity contribution in [3.8, 4) is 0 Å². The fraction of sp³-hybridized carbons (Fsp3) is 0.273. The minimum absolute atomic E-state index is 0.0840. The highest BCUT2D eigenvalue weighted by molar-refractivity contribution is 9.09.